The van der Waals surface area contributed by atoms with E-state index in [1.165, 1.54) is 32.2 Å². The number of benzene rings is 1. The van der Waals surface area contributed by atoms with Gasteiger partial charge in [-0.3, -0.25) is 14.4 Å². The lowest BCUT2D eigenvalue weighted by Crippen LogP contribution is -2.37. The van der Waals surface area contributed by atoms with Gasteiger partial charge in [-0.2, -0.15) is 13.2 Å². The topological polar surface area (TPSA) is 75.7 Å². The molecule has 1 N–H and O–H groups in total. The van der Waals surface area contributed by atoms with Crippen LogP contribution in [0.25, 0.3) is 0 Å². The highest BCUT2D eigenvalue weighted by Gasteiger charge is 2.39. The van der Waals surface area contributed by atoms with E-state index in [1.54, 1.807) is 10.2 Å². The summed E-state index contributed by atoms with van der Waals surface area (Å²) in [6.45, 7) is 2.87. The smallest absolute Gasteiger partial charge is 0.471 e. The molecule has 1 fully saturated rings. The largest absolute Gasteiger partial charge is 0.495 e. The molecule has 0 aliphatic carbocycles. The van der Waals surface area contributed by atoms with Gasteiger partial charge >= 0.3 is 12.1 Å². The molecular formula is C19H23F3N2O4. The van der Waals surface area contributed by atoms with Crippen LogP contribution in [0.2, 0.25) is 0 Å². The number of ketones is 1. The van der Waals surface area contributed by atoms with E-state index in [-0.39, 0.29) is 35.1 Å². The van der Waals surface area contributed by atoms with E-state index < -0.39 is 12.1 Å². The Hall–Kier alpha value is -2.58. The van der Waals surface area contributed by atoms with Gasteiger partial charge in [0, 0.05) is 32.0 Å². The molecule has 1 heterocycles. The highest BCUT2D eigenvalue weighted by atomic mass is 19.4. The summed E-state index contributed by atoms with van der Waals surface area (Å²) >= 11 is 0. The van der Waals surface area contributed by atoms with Crippen molar-refractivity contribution in [2.24, 2.45) is 5.92 Å². The number of alkyl halides is 3. The molecule has 9 heteroatoms. The summed E-state index contributed by atoms with van der Waals surface area (Å²) in [6.07, 6.45) is -2.52. The van der Waals surface area contributed by atoms with E-state index in [0.29, 0.717) is 25.4 Å². The first-order valence-corrected chi connectivity index (χ1v) is 8.96. The van der Waals surface area contributed by atoms with Crippen molar-refractivity contribution >= 4 is 23.3 Å². The van der Waals surface area contributed by atoms with Crippen molar-refractivity contribution in [1.82, 2.24) is 4.90 Å². The number of nitrogens with one attached hydrogen (secondary N) is 1. The number of amides is 2. The fourth-order valence-corrected chi connectivity index (χ4v) is 3.19. The molecule has 6 nitrogen and oxygen atoms in total. The van der Waals surface area contributed by atoms with Crippen LogP contribution in [0.15, 0.2) is 18.2 Å². The molecule has 2 rings (SSSR count). The zero-order valence-electron chi connectivity index (χ0n) is 15.8. The summed E-state index contributed by atoms with van der Waals surface area (Å²) < 4.78 is 42.4. The summed E-state index contributed by atoms with van der Waals surface area (Å²) in [5.41, 5.74) is 0.00453. The average Bonchev–Trinajstić information content (AvgIpc) is 2.65. The third-order valence-electron chi connectivity index (χ3n) is 4.87. The van der Waals surface area contributed by atoms with Crippen molar-refractivity contribution in [2.45, 2.75) is 38.8 Å². The van der Waals surface area contributed by atoms with Crippen molar-refractivity contribution in [3.63, 3.8) is 0 Å². The van der Waals surface area contributed by atoms with Gasteiger partial charge in [0.15, 0.2) is 5.78 Å². The van der Waals surface area contributed by atoms with Gasteiger partial charge in [0.1, 0.15) is 5.75 Å². The number of carbonyl (C=O) groups excluding carboxylic acids is 3. The van der Waals surface area contributed by atoms with Crippen molar-refractivity contribution in [3.05, 3.63) is 23.8 Å². The van der Waals surface area contributed by atoms with Crippen LogP contribution >= 0.6 is 0 Å². The minimum atomic E-state index is -5.04. The van der Waals surface area contributed by atoms with Crippen LogP contribution in [-0.2, 0) is 9.59 Å². The maximum absolute atomic E-state index is 12.5. The Balaban J connectivity index is 1.99. The van der Waals surface area contributed by atoms with Gasteiger partial charge in [0.2, 0.25) is 5.91 Å². The van der Waals surface area contributed by atoms with E-state index in [9.17, 15) is 27.6 Å². The van der Waals surface area contributed by atoms with Gasteiger partial charge in [-0.1, -0.05) is 0 Å². The lowest BCUT2D eigenvalue weighted by molar-refractivity contribution is -0.167. The quantitative estimate of drug-likeness (QED) is 0.743. The van der Waals surface area contributed by atoms with Crippen LogP contribution < -0.4 is 10.1 Å². The SMILES string of the molecule is COc1ccc(C(=O)CCC2CCN(C(C)=O)CC2)cc1NC(=O)C(F)(F)F. The molecule has 0 unspecified atom stereocenters. The highest BCUT2D eigenvalue weighted by Crippen LogP contribution is 2.29. The molecule has 2 amide bonds. The fourth-order valence-electron chi connectivity index (χ4n) is 3.19. The second-order valence-corrected chi connectivity index (χ2v) is 6.78. The molecule has 0 aromatic heterocycles. The van der Waals surface area contributed by atoms with E-state index in [1.807, 2.05) is 0 Å². The lowest BCUT2D eigenvalue weighted by atomic mass is 9.90. The third-order valence-corrected chi connectivity index (χ3v) is 4.87. The van der Waals surface area contributed by atoms with Crippen LogP contribution in [0, 0.1) is 5.92 Å². The predicted octanol–water partition coefficient (Wildman–Crippen LogP) is 3.42. The number of likely N-dealkylation sites (tertiary alicyclic amines) is 1. The lowest BCUT2D eigenvalue weighted by Gasteiger charge is -2.31. The molecule has 1 aromatic carbocycles. The summed E-state index contributed by atoms with van der Waals surface area (Å²) in [4.78, 5) is 36.8. The molecule has 0 spiro atoms. The van der Waals surface area contributed by atoms with Gasteiger partial charge < -0.3 is 15.0 Å². The Morgan fingerprint density at radius 2 is 1.86 bits per heavy atom. The standard InChI is InChI=1S/C19H23F3N2O4/c1-12(25)24-9-7-13(8-10-24)3-5-16(26)14-4-6-17(28-2)15(11-14)23-18(27)19(20,21)22/h4,6,11,13H,3,5,7-10H2,1-2H3,(H,23,27). The number of anilines is 1. The van der Waals surface area contributed by atoms with Gasteiger partial charge in [-0.05, 0) is 43.4 Å². The summed E-state index contributed by atoms with van der Waals surface area (Å²) in [7, 11) is 1.26. The van der Waals surface area contributed by atoms with Crippen LogP contribution in [0.4, 0.5) is 18.9 Å². The maximum Gasteiger partial charge on any atom is 0.471 e. The second-order valence-electron chi connectivity index (χ2n) is 6.78. The van der Waals surface area contributed by atoms with Gasteiger partial charge in [-0.15, -0.1) is 0 Å². The predicted molar refractivity (Wildman–Crippen MR) is 96.2 cm³/mol. The molecule has 0 radical (unpaired) electrons. The van der Waals surface area contributed by atoms with E-state index in [0.717, 1.165) is 12.8 Å². The number of halogens is 3. The molecule has 0 bridgehead atoms. The second kappa shape index (κ2) is 9.07. The van der Waals surface area contributed by atoms with E-state index in [2.05, 4.69) is 0 Å². The summed E-state index contributed by atoms with van der Waals surface area (Å²) in [6, 6.07) is 4.01. The van der Waals surface area contributed by atoms with Crippen molar-refractivity contribution in [3.8, 4) is 5.75 Å². The number of nitrogens with zero attached hydrogens (tertiary/aromatic N) is 1. The maximum atomic E-state index is 12.5. The number of rotatable bonds is 6. The summed E-state index contributed by atoms with van der Waals surface area (Å²) in [5.74, 6) is -1.96. The highest BCUT2D eigenvalue weighted by molar-refractivity contribution is 6.00. The van der Waals surface area contributed by atoms with E-state index >= 15 is 0 Å². The third kappa shape index (κ3) is 5.71. The van der Waals surface area contributed by atoms with E-state index in [4.69, 9.17) is 4.74 Å². The monoisotopic (exact) mass is 400 g/mol. The van der Waals surface area contributed by atoms with Crippen LogP contribution in [0.5, 0.6) is 5.75 Å². The molecule has 0 atom stereocenters. The zero-order valence-corrected chi connectivity index (χ0v) is 15.8. The Kier molecular flexibility index (Phi) is 7.04. The Morgan fingerprint density at radius 3 is 2.39 bits per heavy atom. The Labute approximate surface area is 161 Å². The first kappa shape index (κ1) is 21.7. The molecular weight excluding hydrogens is 377 g/mol. The molecule has 154 valence electrons. The Bertz CT molecular complexity index is 741. The van der Waals surface area contributed by atoms with Crippen molar-refractivity contribution in [1.29, 1.82) is 0 Å². The number of hydrogen-bond donors (Lipinski definition) is 1. The minimum absolute atomic E-state index is 0.0331. The number of hydrogen-bond acceptors (Lipinski definition) is 4. The molecule has 28 heavy (non-hydrogen) atoms. The van der Waals surface area contributed by atoms with Gasteiger partial charge in [-0.25, -0.2) is 0 Å². The number of ether oxygens (including phenoxy) is 1. The molecule has 1 saturated heterocycles. The fraction of sp³-hybridized carbons (Fsp3) is 0.526. The molecule has 1 aromatic rings. The zero-order chi connectivity index (χ0) is 20.9. The first-order chi connectivity index (χ1) is 13.1. The molecule has 1 aliphatic rings. The number of piperidine rings is 1. The van der Waals surface area contributed by atoms with Crippen molar-refractivity contribution < 1.29 is 32.3 Å². The number of carbonyl (C=O) groups is 3. The minimum Gasteiger partial charge on any atom is -0.495 e. The molecule has 0 saturated carbocycles. The van der Waals surface area contributed by atoms with Crippen molar-refractivity contribution in [2.75, 3.05) is 25.5 Å². The van der Waals surface area contributed by atoms with Crippen LogP contribution in [0.3, 0.4) is 0 Å². The van der Waals surface area contributed by atoms with Crippen LogP contribution in [0.1, 0.15) is 43.0 Å². The van der Waals surface area contributed by atoms with Gasteiger partial charge in [0.05, 0.1) is 12.8 Å². The Morgan fingerprint density at radius 1 is 1.21 bits per heavy atom. The molecule has 1 aliphatic heterocycles. The normalized spacial score (nSPS) is 15.2. The number of Topliss-reactive ketones (excluding diaryl/α,β-unsaturated/α-hetero) is 1. The first-order valence-electron chi connectivity index (χ1n) is 8.96. The average molecular weight is 400 g/mol. The number of methoxy groups -OCH3 is 1. The summed E-state index contributed by atoms with van der Waals surface area (Å²) in [5, 5.41) is 1.74. The van der Waals surface area contributed by atoms with Gasteiger partial charge in [0.25, 0.3) is 0 Å². The van der Waals surface area contributed by atoms with Crippen LogP contribution in [-0.4, -0.2) is 48.9 Å².